The first-order valence-electron chi connectivity index (χ1n) is 6.52. The van der Waals surface area contributed by atoms with Crippen molar-refractivity contribution >= 4 is 34.0 Å². The smallest absolute Gasteiger partial charge is 0.230 e. The van der Waals surface area contributed by atoms with Gasteiger partial charge in [0, 0.05) is 30.0 Å². The normalized spacial score (nSPS) is 14.7. The highest BCUT2D eigenvalue weighted by Crippen LogP contribution is 2.24. The fraction of sp³-hybridized carbons (Fsp3) is 0.214. The van der Waals surface area contributed by atoms with Crippen LogP contribution in [0.4, 0.5) is 19.6 Å². The molecule has 0 aliphatic carbocycles. The molecular formula is C14H11F2N3O2S. The van der Waals surface area contributed by atoms with Crippen LogP contribution in [0.3, 0.4) is 0 Å². The highest BCUT2D eigenvalue weighted by Gasteiger charge is 2.29. The van der Waals surface area contributed by atoms with E-state index in [0.29, 0.717) is 16.5 Å². The topological polar surface area (TPSA) is 62.3 Å². The van der Waals surface area contributed by atoms with Gasteiger partial charge in [0.25, 0.3) is 0 Å². The van der Waals surface area contributed by atoms with E-state index in [1.54, 1.807) is 5.38 Å². The number of hydrogen-bond donors (Lipinski definition) is 1. The fourth-order valence-corrected chi connectivity index (χ4v) is 2.82. The summed E-state index contributed by atoms with van der Waals surface area (Å²) in [5, 5.41) is 5.03. The molecule has 5 nitrogen and oxygen atoms in total. The lowest BCUT2D eigenvalue weighted by molar-refractivity contribution is -0.139. The lowest BCUT2D eigenvalue weighted by Crippen LogP contribution is -2.28. The number of rotatable bonds is 4. The molecule has 1 aliphatic heterocycles. The van der Waals surface area contributed by atoms with E-state index in [1.165, 1.54) is 22.3 Å². The Morgan fingerprint density at radius 3 is 2.59 bits per heavy atom. The van der Waals surface area contributed by atoms with Gasteiger partial charge in [-0.1, -0.05) is 0 Å². The Morgan fingerprint density at radius 1 is 1.18 bits per heavy atom. The zero-order valence-corrected chi connectivity index (χ0v) is 12.1. The minimum atomic E-state index is -0.949. The van der Waals surface area contributed by atoms with Gasteiger partial charge in [0.15, 0.2) is 16.8 Å². The van der Waals surface area contributed by atoms with Crippen LogP contribution in [-0.4, -0.2) is 21.7 Å². The molecule has 0 saturated carbocycles. The van der Waals surface area contributed by atoms with Gasteiger partial charge < -0.3 is 5.32 Å². The number of aromatic nitrogens is 1. The Labute approximate surface area is 128 Å². The maximum absolute atomic E-state index is 13.1. The van der Waals surface area contributed by atoms with E-state index in [1.807, 2.05) is 0 Å². The Bertz CT molecular complexity index is 731. The summed E-state index contributed by atoms with van der Waals surface area (Å²) >= 11 is 1.25. The van der Waals surface area contributed by atoms with Crippen LogP contribution in [0, 0.1) is 11.6 Å². The van der Waals surface area contributed by atoms with Crippen molar-refractivity contribution in [3.8, 4) is 0 Å². The lowest BCUT2D eigenvalue weighted by atomic mass is 10.3. The van der Waals surface area contributed by atoms with E-state index in [9.17, 15) is 18.4 Å². The number of carbonyl (C=O) groups is 2. The lowest BCUT2D eigenvalue weighted by Gasteiger charge is -2.11. The molecule has 2 heterocycles. The van der Waals surface area contributed by atoms with Gasteiger partial charge in [-0.15, -0.1) is 11.3 Å². The summed E-state index contributed by atoms with van der Waals surface area (Å²) in [6, 6.07) is 3.45. The number of halogens is 2. The SMILES string of the molecule is O=C1CCC(=O)N1Cc1csc(Nc2ccc(F)c(F)c2)n1. The van der Waals surface area contributed by atoms with Crippen LogP contribution in [0.1, 0.15) is 18.5 Å². The van der Waals surface area contributed by atoms with Crippen molar-refractivity contribution in [1.29, 1.82) is 0 Å². The van der Waals surface area contributed by atoms with Crippen molar-refractivity contribution in [2.75, 3.05) is 5.32 Å². The number of imide groups is 1. The van der Waals surface area contributed by atoms with Crippen molar-refractivity contribution in [3.63, 3.8) is 0 Å². The average Bonchev–Trinajstić information content (AvgIpc) is 3.05. The Balaban J connectivity index is 1.69. The van der Waals surface area contributed by atoms with E-state index in [-0.39, 0.29) is 31.2 Å². The minimum Gasteiger partial charge on any atom is -0.331 e. The second-order valence-electron chi connectivity index (χ2n) is 4.77. The van der Waals surface area contributed by atoms with Crippen LogP contribution in [-0.2, 0) is 16.1 Å². The molecule has 0 atom stereocenters. The molecule has 1 saturated heterocycles. The summed E-state index contributed by atoms with van der Waals surface area (Å²) in [6.45, 7) is 0.133. The van der Waals surface area contributed by atoms with Gasteiger partial charge in [-0.3, -0.25) is 14.5 Å². The molecule has 3 rings (SSSR count). The molecule has 22 heavy (non-hydrogen) atoms. The average molecular weight is 323 g/mol. The second-order valence-corrected chi connectivity index (χ2v) is 5.63. The van der Waals surface area contributed by atoms with Gasteiger partial charge in [-0.25, -0.2) is 13.8 Å². The first-order chi connectivity index (χ1) is 10.5. The molecule has 114 valence electrons. The molecule has 0 bridgehead atoms. The molecule has 2 aromatic rings. The number of amides is 2. The third-order valence-corrected chi connectivity index (χ3v) is 4.00. The fourth-order valence-electron chi connectivity index (χ4n) is 2.10. The van der Waals surface area contributed by atoms with E-state index in [0.717, 1.165) is 12.1 Å². The zero-order chi connectivity index (χ0) is 15.7. The van der Waals surface area contributed by atoms with Gasteiger partial charge >= 0.3 is 0 Å². The molecule has 1 fully saturated rings. The molecule has 1 aliphatic rings. The predicted molar refractivity (Wildman–Crippen MR) is 76.5 cm³/mol. The summed E-state index contributed by atoms with van der Waals surface area (Å²) in [6.07, 6.45) is 0.478. The quantitative estimate of drug-likeness (QED) is 0.879. The van der Waals surface area contributed by atoms with Gasteiger partial charge in [-0.05, 0) is 12.1 Å². The van der Waals surface area contributed by atoms with Crippen molar-refractivity contribution < 1.29 is 18.4 Å². The van der Waals surface area contributed by atoms with Gasteiger partial charge in [0.2, 0.25) is 11.8 Å². The first kappa shape index (κ1) is 14.6. The molecule has 0 radical (unpaired) electrons. The molecule has 0 spiro atoms. The number of carbonyl (C=O) groups excluding carboxylic acids is 2. The Kier molecular flexibility index (Phi) is 3.84. The number of nitrogens with zero attached hydrogens (tertiary/aromatic N) is 2. The van der Waals surface area contributed by atoms with Crippen molar-refractivity contribution in [1.82, 2.24) is 9.88 Å². The zero-order valence-electron chi connectivity index (χ0n) is 11.3. The Hall–Kier alpha value is -2.35. The number of benzene rings is 1. The van der Waals surface area contributed by atoms with Crippen LogP contribution >= 0.6 is 11.3 Å². The number of hydrogen-bond acceptors (Lipinski definition) is 5. The highest BCUT2D eigenvalue weighted by molar-refractivity contribution is 7.13. The number of likely N-dealkylation sites (tertiary alicyclic amines) is 1. The summed E-state index contributed by atoms with van der Waals surface area (Å²) in [5.41, 5.74) is 0.937. The third kappa shape index (κ3) is 2.96. The maximum Gasteiger partial charge on any atom is 0.230 e. The van der Waals surface area contributed by atoms with Crippen LogP contribution in [0.15, 0.2) is 23.6 Å². The summed E-state index contributed by atoms with van der Waals surface area (Å²) in [4.78, 5) is 28.5. The molecule has 1 aromatic carbocycles. The summed E-state index contributed by atoms with van der Waals surface area (Å²) in [5.74, 6) is -2.27. The highest BCUT2D eigenvalue weighted by atomic mass is 32.1. The van der Waals surface area contributed by atoms with Crippen LogP contribution in [0.2, 0.25) is 0 Å². The van der Waals surface area contributed by atoms with E-state index < -0.39 is 11.6 Å². The van der Waals surface area contributed by atoms with Crippen molar-refractivity contribution in [3.05, 3.63) is 40.9 Å². The molecule has 1 N–H and O–H groups in total. The van der Waals surface area contributed by atoms with E-state index in [2.05, 4.69) is 10.3 Å². The predicted octanol–water partition coefficient (Wildman–Crippen LogP) is 2.81. The van der Waals surface area contributed by atoms with Gasteiger partial charge in [0.1, 0.15) is 0 Å². The molecule has 0 unspecified atom stereocenters. The molecule has 1 aromatic heterocycles. The standard InChI is InChI=1S/C14H11F2N3O2S/c15-10-2-1-8(5-11(10)16)17-14-18-9(7-22-14)6-19-12(20)3-4-13(19)21/h1-2,5,7H,3-4,6H2,(H,17,18). The molecular weight excluding hydrogens is 312 g/mol. The van der Waals surface area contributed by atoms with Crippen LogP contribution in [0.25, 0.3) is 0 Å². The minimum absolute atomic E-state index is 0.133. The van der Waals surface area contributed by atoms with Gasteiger partial charge in [0.05, 0.1) is 12.2 Å². The van der Waals surface area contributed by atoms with Gasteiger partial charge in [-0.2, -0.15) is 0 Å². The third-order valence-electron chi connectivity index (χ3n) is 3.20. The molecule has 2 amide bonds. The summed E-state index contributed by atoms with van der Waals surface area (Å²) in [7, 11) is 0. The van der Waals surface area contributed by atoms with Crippen molar-refractivity contribution in [2.45, 2.75) is 19.4 Å². The van der Waals surface area contributed by atoms with Crippen molar-refractivity contribution in [2.24, 2.45) is 0 Å². The largest absolute Gasteiger partial charge is 0.331 e. The number of thiazole rings is 1. The first-order valence-corrected chi connectivity index (χ1v) is 7.40. The van der Waals surface area contributed by atoms with Crippen LogP contribution in [0.5, 0.6) is 0 Å². The molecule has 8 heteroatoms. The second kappa shape index (κ2) is 5.80. The maximum atomic E-state index is 13.1. The van der Waals surface area contributed by atoms with Crippen LogP contribution < -0.4 is 5.32 Å². The number of anilines is 2. The van der Waals surface area contributed by atoms with E-state index >= 15 is 0 Å². The van der Waals surface area contributed by atoms with E-state index in [4.69, 9.17) is 0 Å². The summed E-state index contributed by atoms with van der Waals surface area (Å²) < 4.78 is 26.0. The monoisotopic (exact) mass is 323 g/mol. The number of nitrogens with one attached hydrogen (secondary N) is 1. The Morgan fingerprint density at radius 2 is 1.91 bits per heavy atom.